The quantitative estimate of drug-likeness (QED) is 0.620. The lowest BCUT2D eigenvalue weighted by molar-refractivity contribution is -0.126. The molecule has 3 nitrogen and oxygen atoms in total. The van der Waals surface area contributed by atoms with Gasteiger partial charge in [-0.05, 0) is 25.6 Å². The van der Waals surface area contributed by atoms with Crippen LogP contribution in [0.15, 0.2) is 12.7 Å². The Labute approximate surface area is 87.4 Å². The summed E-state index contributed by atoms with van der Waals surface area (Å²) in [4.78, 5) is 15.1. The van der Waals surface area contributed by atoms with E-state index in [1.807, 2.05) is 14.1 Å². The van der Waals surface area contributed by atoms with E-state index in [-0.39, 0.29) is 11.3 Å². The molecule has 0 rings (SSSR count). The van der Waals surface area contributed by atoms with Crippen molar-refractivity contribution in [1.29, 1.82) is 0 Å². The van der Waals surface area contributed by atoms with E-state index in [9.17, 15) is 4.79 Å². The number of rotatable bonds is 5. The topological polar surface area (TPSA) is 23.6 Å². The minimum Gasteiger partial charge on any atom is -0.342 e. The van der Waals surface area contributed by atoms with E-state index in [0.717, 1.165) is 13.1 Å². The van der Waals surface area contributed by atoms with Gasteiger partial charge in [0.25, 0.3) is 0 Å². The summed E-state index contributed by atoms with van der Waals surface area (Å²) in [6, 6.07) is 0. The summed E-state index contributed by atoms with van der Waals surface area (Å²) in [6.07, 6.45) is 1.35. The molecular formula is C11H22N2O. The molecule has 3 heteroatoms. The lowest BCUT2D eigenvalue weighted by Gasteiger charge is -2.32. The molecule has 1 amide bonds. The van der Waals surface area contributed by atoms with Crippen LogP contribution in [-0.2, 0) is 4.79 Å². The molecule has 0 fully saturated rings. The molecule has 0 aromatic heterocycles. The van der Waals surface area contributed by atoms with E-state index in [2.05, 4.69) is 25.3 Å². The van der Waals surface area contributed by atoms with E-state index >= 15 is 0 Å². The van der Waals surface area contributed by atoms with Gasteiger partial charge < -0.3 is 9.80 Å². The Kier molecular flexibility index (Phi) is 4.85. The van der Waals surface area contributed by atoms with Crippen molar-refractivity contribution < 1.29 is 4.79 Å². The number of amides is 1. The Balaban J connectivity index is 4.20. The van der Waals surface area contributed by atoms with Crippen LogP contribution in [0.1, 0.15) is 13.8 Å². The van der Waals surface area contributed by atoms with Crippen LogP contribution in [0.2, 0.25) is 0 Å². The maximum Gasteiger partial charge on any atom is 0.245 e. The summed E-state index contributed by atoms with van der Waals surface area (Å²) >= 11 is 0. The zero-order valence-corrected chi connectivity index (χ0v) is 10.0. The number of likely N-dealkylation sites (N-methyl/N-ethyl adjacent to an activating group) is 1. The van der Waals surface area contributed by atoms with Crippen LogP contribution < -0.4 is 0 Å². The molecule has 0 N–H and O–H groups in total. The highest BCUT2D eigenvalue weighted by Crippen LogP contribution is 2.17. The molecule has 14 heavy (non-hydrogen) atoms. The number of hydrogen-bond donors (Lipinski definition) is 0. The van der Waals surface area contributed by atoms with Gasteiger partial charge >= 0.3 is 0 Å². The van der Waals surface area contributed by atoms with Crippen molar-refractivity contribution in [1.82, 2.24) is 9.80 Å². The first-order valence-electron chi connectivity index (χ1n) is 4.81. The average Bonchev–Trinajstić information content (AvgIpc) is 1.99. The van der Waals surface area contributed by atoms with Crippen molar-refractivity contribution >= 4 is 5.91 Å². The van der Waals surface area contributed by atoms with E-state index in [1.165, 1.54) is 6.08 Å². The fraction of sp³-hybridized carbons (Fsp3) is 0.727. The molecule has 0 radical (unpaired) electrons. The van der Waals surface area contributed by atoms with E-state index in [4.69, 9.17) is 0 Å². The molecule has 0 atom stereocenters. The zero-order chi connectivity index (χ0) is 11.4. The third-order valence-electron chi connectivity index (χ3n) is 1.96. The second kappa shape index (κ2) is 5.15. The first-order chi connectivity index (χ1) is 6.28. The van der Waals surface area contributed by atoms with Crippen molar-refractivity contribution in [3.8, 4) is 0 Å². The Morgan fingerprint density at radius 1 is 1.29 bits per heavy atom. The number of carbonyl (C=O) groups is 1. The molecule has 0 aromatic carbocycles. The highest BCUT2D eigenvalue weighted by molar-refractivity contribution is 5.86. The summed E-state index contributed by atoms with van der Waals surface area (Å²) in [6.45, 7) is 9.48. The van der Waals surface area contributed by atoms with Crippen LogP contribution in [0.5, 0.6) is 0 Å². The first-order valence-corrected chi connectivity index (χ1v) is 4.81. The number of nitrogens with zero attached hydrogens (tertiary/aromatic N) is 2. The van der Waals surface area contributed by atoms with Gasteiger partial charge in [0.2, 0.25) is 5.91 Å². The summed E-state index contributed by atoms with van der Waals surface area (Å²) in [7, 11) is 5.88. The van der Waals surface area contributed by atoms with Crippen LogP contribution in [-0.4, -0.2) is 49.9 Å². The van der Waals surface area contributed by atoms with Gasteiger partial charge in [-0.15, -0.1) is 0 Å². The van der Waals surface area contributed by atoms with Gasteiger partial charge in [-0.25, -0.2) is 0 Å². The summed E-state index contributed by atoms with van der Waals surface area (Å²) in [5.41, 5.74) is 0.108. The molecule has 82 valence electrons. The predicted octanol–water partition coefficient (Wildman–Crippen LogP) is 1.22. The lowest BCUT2D eigenvalue weighted by Crippen LogP contribution is -2.40. The standard InChI is InChI=1S/C11H22N2O/c1-7-10(14)13(6)9-11(2,3)8-12(4)5/h7H,1,8-9H2,2-6H3. The van der Waals surface area contributed by atoms with E-state index in [1.54, 1.807) is 11.9 Å². The molecule has 0 aliphatic rings. The van der Waals surface area contributed by atoms with Crippen LogP contribution in [0, 0.1) is 5.41 Å². The molecule has 0 aliphatic carbocycles. The monoisotopic (exact) mass is 198 g/mol. The number of hydrogen-bond acceptors (Lipinski definition) is 2. The third-order valence-corrected chi connectivity index (χ3v) is 1.96. The molecule has 0 aliphatic heterocycles. The Morgan fingerprint density at radius 2 is 1.79 bits per heavy atom. The lowest BCUT2D eigenvalue weighted by atomic mass is 9.92. The summed E-state index contributed by atoms with van der Waals surface area (Å²) in [5.74, 6) is -0.0168. The summed E-state index contributed by atoms with van der Waals surface area (Å²) in [5, 5.41) is 0. The Morgan fingerprint density at radius 3 is 2.14 bits per heavy atom. The fourth-order valence-corrected chi connectivity index (χ4v) is 1.78. The molecule has 0 unspecified atom stereocenters. The second-order valence-electron chi connectivity index (χ2n) is 4.80. The first kappa shape index (κ1) is 13.2. The maximum absolute atomic E-state index is 11.3. The smallest absolute Gasteiger partial charge is 0.245 e. The van der Waals surface area contributed by atoms with Crippen molar-refractivity contribution in [2.45, 2.75) is 13.8 Å². The van der Waals surface area contributed by atoms with E-state index < -0.39 is 0 Å². The van der Waals surface area contributed by atoms with Crippen LogP contribution in [0.3, 0.4) is 0 Å². The Hall–Kier alpha value is -0.830. The highest BCUT2D eigenvalue weighted by Gasteiger charge is 2.22. The van der Waals surface area contributed by atoms with Gasteiger partial charge in [-0.3, -0.25) is 4.79 Å². The maximum atomic E-state index is 11.3. The third kappa shape index (κ3) is 5.02. The van der Waals surface area contributed by atoms with Gasteiger partial charge in [-0.1, -0.05) is 20.4 Å². The summed E-state index contributed by atoms with van der Waals surface area (Å²) < 4.78 is 0. The van der Waals surface area contributed by atoms with Crippen molar-refractivity contribution in [3.63, 3.8) is 0 Å². The van der Waals surface area contributed by atoms with Crippen LogP contribution in [0.4, 0.5) is 0 Å². The molecule has 0 saturated carbocycles. The van der Waals surface area contributed by atoms with Gasteiger partial charge in [-0.2, -0.15) is 0 Å². The molecule has 0 heterocycles. The van der Waals surface area contributed by atoms with Gasteiger partial charge in [0.05, 0.1) is 0 Å². The molecule has 0 bridgehead atoms. The average molecular weight is 198 g/mol. The van der Waals surface area contributed by atoms with Crippen molar-refractivity contribution in [2.75, 3.05) is 34.2 Å². The molecular weight excluding hydrogens is 176 g/mol. The van der Waals surface area contributed by atoms with E-state index in [0.29, 0.717) is 0 Å². The van der Waals surface area contributed by atoms with Gasteiger partial charge in [0.15, 0.2) is 0 Å². The molecule has 0 saturated heterocycles. The van der Waals surface area contributed by atoms with Crippen molar-refractivity contribution in [2.24, 2.45) is 5.41 Å². The second-order valence-corrected chi connectivity index (χ2v) is 4.80. The fourth-order valence-electron chi connectivity index (χ4n) is 1.78. The minimum atomic E-state index is -0.0168. The zero-order valence-electron chi connectivity index (χ0n) is 10.0. The predicted molar refractivity (Wildman–Crippen MR) is 60.2 cm³/mol. The largest absolute Gasteiger partial charge is 0.342 e. The van der Waals surface area contributed by atoms with Gasteiger partial charge in [0, 0.05) is 20.1 Å². The normalized spacial score (nSPS) is 11.6. The van der Waals surface area contributed by atoms with Gasteiger partial charge in [0.1, 0.15) is 0 Å². The van der Waals surface area contributed by atoms with Crippen molar-refractivity contribution in [3.05, 3.63) is 12.7 Å². The molecule has 0 aromatic rings. The van der Waals surface area contributed by atoms with Crippen LogP contribution >= 0.6 is 0 Å². The Bertz CT molecular complexity index is 209. The minimum absolute atomic E-state index is 0.0168. The number of carbonyl (C=O) groups excluding carboxylic acids is 1. The SMILES string of the molecule is C=CC(=O)N(C)CC(C)(C)CN(C)C. The van der Waals surface area contributed by atoms with Crippen LogP contribution in [0.25, 0.3) is 0 Å². The molecule has 0 spiro atoms. The highest BCUT2D eigenvalue weighted by atomic mass is 16.2.